The van der Waals surface area contributed by atoms with Crippen LogP contribution in [0.3, 0.4) is 0 Å². The van der Waals surface area contributed by atoms with Crippen LogP contribution < -0.4 is 5.32 Å². The van der Waals surface area contributed by atoms with Crippen molar-refractivity contribution in [3.63, 3.8) is 0 Å². The highest BCUT2D eigenvalue weighted by Crippen LogP contribution is 2.44. The minimum atomic E-state index is -0.893. The van der Waals surface area contributed by atoms with Gasteiger partial charge in [-0.3, -0.25) is 9.59 Å². The van der Waals surface area contributed by atoms with Gasteiger partial charge >= 0.3 is 12.1 Å². The van der Waals surface area contributed by atoms with Crippen molar-refractivity contribution >= 4 is 18.0 Å². The number of carboxylic acid groups (broad SMARTS) is 1. The van der Waals surface area contributed by atoms with Gasteiger partial charge in [-0.2, -0.15) is 0 Å². The third kappa shape index (κ3) is 4.65. The van der Waals surface area contributed by atoms with Crippen LogP contribution in [-0.4, -0.2) is 53.2 Å². The van der Waals surface area contributed by atoms with E-state index in [1.165, 1.54) is 0 Å². The molecule has 2 N–H and O–H groups in total. The highest BCUT2D eigenvalue weighted by atomic mass is 16.5. The second kappa shape index (κ2) is 9.87. The van der Waals surface area contributed by atoms with Crippen LogP contribution >= 0.6 is 0 Å². The van der Waals surface area contributed by atoms with Crippen LogP contribution in [0.25, 0.3) is 11.1 Å². The number of likely N-dealkylation sites (tertiary alicyclic amines) is 1. The standard InChI is InChI=1S/C27H32N2O5/c1-16(2)24(25(30)29-14-18(26(31)32)13-12-17(29)3)28-27(33)34-15-23-21-10-6-4-8-19(21)20-9-5-7-11-22(20)23/h4-11,16-18,23-24H,12-15H2,1-3H3,(H,28,33)(H,31,32). The number of fused-ring (bicyclic) bond motifs is 3. The SMILES string of the molecule is CC(C)C(NC(=O)OCC1c2ccccc2-c2ccccc21)C(=O)N1CC(C(=O)O)CCC1C. The van der Waals surface area contributed by atoms with E-state index in [4.69, 9.17) is 4.74 Å². The minimum Gasteiger partial charge on any atom is -0.481 e. The predicted molar refractivity (Wildman–Crippen MR) is 128 cm³/mol. The number of hydrogen-bond donors (Lipinski definition) is 2. The summed E-state index contributed by atoms with van der Waals surface area (Å²) in [5, 5.41) is 12.2. The molecule has 0 aromatic heterocycles. The number of hydrogen-bond acceptors (Lipinski definition) is 4. The summed E-state index contributed by atoms with van der Waals surface area (Å²) in [5.74, 6) is -1.98. The third-order valence-electron chi connectivity index (χ3n) is 7.06. The molecule has 1 saturated heterocycles. The minimum absolute atomic E-state index is 0.0650. The molecule has 0 saturated carbocycles. The molecule has 3 unspecified atom stereocenters. The second-order valence-corrected chi connectivity index (χ2v) is 9.64. The Hall–Kier alpha value is -3.35. The fourth-order valence-electron chi connectivity index (χ4n) is 5.07. The second-order valence-electron chi connectivity index (χ2n) is 9.64. The number of rotatable bonds is 6. The van der Waals surface area contributed by atoms with E-state index < -0.39 is 24.0 Å². The lowest BCUT2D eigenvalue weighted by Crippen LogP contribution is -2.56. The summed E-state index contributed by atoms with van der Waals surface area (Å²) < 4.78 is 5.63. The lowest BCUT2D eigenvalue weighted by Gasteiger charge is -2.39. The molecule has 7 nitrogen and oxygen atoms in total. The van der Waals surface area contributed by atoms with Crippen LogP contribution in [0.15, 0.2) is 48.5 Å². The number of carbonyl (C=O) groups excluding carboxylic acids is 2. The van der Waals surface area contributed by atoms with Crippen LogP contribution in [0, 0.1) is 11.8 Å². The Kier molecular flexibility index (Phi) is 6.91. The Bertz CT molecular complexity index is 1040. The third-order valence-corrected chi connectivity index (χ3v) is 7.06. The van der Waals surface area contributed by atoms with Crippen molar-refractivity contribution in [2.24, 2.45) is 11.8 Å². The quantitative estimate of drug-likeness (QED) is 0.666. The van der Waals surface area contributed by atoms with Gasteiger partial charge in [0.15, 0.2) is 0 Å². The summed E-state index contributed by atoms with van der Waals surface area (Å²) in [6, 6.07) is 15.4. The molecular weight excluding hydrogens is 432 g/mol. The molecule has 2 aliphatic rings. The van der Waals surface area contributed by atoms with Gasteiger partial charge in [-0.1, -0.05) is 62.4 Å². The number of ether oxygens (including phenoxy) is 1. The van der Waals surface area contributed by atoms with Crippen molar-refractivity contribution in [1.82, 2.24) is 10.2 Å². The molecule has 1 aliphatic carbocycles. The lowest BCUT2D eigenvalue weighted by molar-refractivity contribution is -0.148. The zero-order valence-electron chi connectivity index (χ0n) is 19.9. The summed E-state index contributed by atoms with van der Waals surface area (Å²) in [6.07, 6.45) is 0.526. The van der Waals surface area contributed by atoms with E-state index >= 15 is 0 Å². The van der Waals surface area contributed by atoms with Gasteiger partial charge in [-0.25, -0.2) is 4.79 Å². The summed E-state index contributed by atoms with van der Waals surface area (Å²) in [5.41, 5.74) is 4.54. The highest BCUT2D eigenvalue weighted by Gasteiger charge is 2.37. The van der Waals surface area contributed by atoms with E-state index in [-0.39, 0.29) is 36.9 Å². The predicted octanol–water partition coefficient (Wildman–Crippen LogP) is 4.26. The normalized spacial score (nSPS) is 20.4. The molecule has 2 aromatic carbocycles. The largest absolute Gasteiger partial charge is 0.481 e. The first kappa shape index (κ1) is 23.8. The topological polar surface area (TPSA) is 95.9 Å². The maximum Gasteiger partial charge on any atom is 0.407 e. The molecule has 0 spiro atoms. The molecular formula is C27H32N2O5. The van der Waals surface area contributed by atoms with Crippen molar-refractivity contribution in [3.8, 4) is 11.1 Å². The number of benzene rings is 2. The summed E-state index contributed by atoms with van der Waals surface area (Å²) in [6.45, 7) is 5.96. The van der Waals surface area contributed by atoms with Crippen molar-refractivity contribution in [1.29, 1.82) is 0 Å². The van der Waals surface area contributed by atoms with Crippen molar-refractivity contribution < 1.29 is 24.2 Å². The Morgan fingerprint density at radius 3 is 2.18 bits per heavy atom. The molecule has 1 heterocycles. The van der Waals surface area contributed by atoms with Crippen molar-refractivity contribution in [2.75, 3.05) is 13.2 Å². The lowest BCUT2D eigenvalue weighted by atomic mass is 9.91. The van der Waals surface area contributed by atoms with Gasteiger partial charge < -0.3 is 20.1 Å². The number of alkyl carbamates (subject to hydrolysis) is 1. The van der Waals surface area contributed by atoms with Crippen molar-refractivity contribution in [2.45, 2.75) is 51.6 Å². The van der Waals surface area contributed by atoms with Gasteiger partial charge in [0.1, 0.15) is 12.6 Å². The maximum absolute atomic E-state index is 13.3. The molecule has 4 rings (SSSR count). The van der Waals surface area contributed by atoms with E-state index in [0.29, 0.717) is 12.8 Å². The first-order valence-electron chi connectivity index (χ1n) is 11.9. The van der Waals surface area contributed by atoms with Gasteiger partial charge in [0, 0.05) is 18.5 Å². The number of carbonyl (C=O) groups is 3. The average molecular weight is 465 g/mol. The number of nitrogens with zero attached hydrogens (tertiary/aromatic N) is 1. The van der Waals surface area contributed by atoms with Crippen LogP contribution in [0.5, 0.6) is 0 Å². The van der Waals surface area contributed by atoms with Crippen LogP contribution in [-0.2, 0) is 14.3 Å². The molecule has 34 heavy (non-hydrogen) atoms. The fraction of sp³-hybridized carbons (Fsp3) is 0.444. The molecule has 1 fully saturated rings. The molecule has 180 valence electrons. The summed E-state index contributed by atoms with van der Waals surface area (Å²) in [4.78, 5) is 39.1. The molecule has 2 amide bonds. The molecule has 0 bridgehead atoms. The highest BCUT2D eigenvalue weighted by molar-refractivity contribution is 5.87. The monoisotopic (exact) mass is 464 g/mol. The first-order chi connectivity index (χ1) is 16.3. The van der Waals surface area contributed by atoms with E-state index in [2.05, 4.69) is 29.6 Å². The first-order valence-corrected chi connectivity index (χ1v) is 11.9. The zero-order chi connectivity index (χ0) is 24.4. The number of amides is 2. The van der Waals surface area contributed by atoms with E-state index in [1.807, 2.05) is 45.0 Å². The number of aliphatic carboxylic acids is 1. The van der Waals surface area contributed by atoms with Crippen LogP contribution in [0.2, 0.25) is 0 Å². The molecule has 0 radical (unpaired) electrons. The maximum atomic E-state index is 13.3. The number of nitrogens with one attached hydrogen (secondary N) is 1. The number of carboxylic acids is 1. The Morgan fingerprint density at radius 2 is 1.62 bits per heavy atom. The molecule has 3 atom stereocenters. The summed E-state index contributed by atoms with van der Waals surface area (Å²) >= 11 is 0. The molecule has 2 aromatic rings. The Labute approximate surface area is 200 Å². The summed E-state index contributed by atoms with van der Waals surface area (Å²) in [7, 11) is 0. The van der Waals surface area contributed by atoms with Crippen molar-refractivity contribution in [3.05, 3.63) is 59.7 Å². The number of piperidine rings is 1. The van der Waals surface area contributed by atoms with Crippen LogP contribution in [0.1, 0.15) is 50.7 Å². The average Bonchev–Trinajstić information content (AvgIpc) is 3.14. The fourth-order valence-corrected chi connectivity index (χ4v) is 5.07. The van der Waals surface area contributed by atoms with Gasteiger partial charge in [-0.15, -0.1) is 0 Å². The van der Waals surface area contributed by atoms with Gasteiger partial charge in [0.2, 0.25) is 5.91 Å². The van der Waals surface area contributed by atoms with Gasteiger partial charge in [0.05, 0.1) is 5.92 Å². The molecule has 1 aliphatic heterocycles. The smallest absolute Gasteiger partial charge is 0.407 e. The van der Waals surface area contributed by atoms with E-state index in [1.54, 1.807) is 4.90 Å². The van der Waals surface area contributed by atoms with Crippen LogP contribution in [0.4, 0.5) is 4.79 Å². The zero-order valence-corrected chi connectivity index (χ0v) is 19.9. The Morgan fingerprint density at radius 1 is 1.03 bits per heavy atom. The van der Waals surface area contributed by atoms with E-state index in [9.17, 15) is 19.5 Å². The van der Waals surface area contributed by atoms with Gasteiger partial charge in [-0.05, 0) is 47.9 Å². The van der Waals surface area contributed by atoms with E-state index in [0.717, 1.165) is 22.3 Å². The molecule has 7 heteroatoms. The van der Waals surface area contributed by atoms with Gasteiger partial charge in [0.25, 0.3) is 0 Å². The Balaban J connectivity index is 1.43.